The van der Waals surface area contributed by atoms with Gasteiger partial charge in [0.1, 0.15) is 5.76 Å². The number of nitrogens with zero attached hydrogens (tertiary/aromatic N) is 3. The highest BCUT2D eigenvalue weighted by Crippen LogP contribution is 2.22. The Morgan fingerprint density at radius 3 is 2.41 bits per heavy atom. The molecular formula is C23H30N4O2. The summed E-state index contributed by atoms with van der Waals surface area (Å²) in [6.07, 6.45) is 1.02. The van der Waals surface area contributed by atoms with Crippen LogP contribution >= 0.6 is 0 Å². The standard InChI is InChI=1S/C23H30N4O2/c1-7-18-8-10-19(11-9-18)21(26(5)6)14-24-23(28)20-12-15(2)27(17(20)4)22-13-16(3)29-25-22/h8-13,21H,7,14H2,1-6H3,(H,24,28). The Labute approximate surface area is 172 Å². The van der Waals surface area contributed by atoms with Gasteiger partial charge in [-0.3, -0.25) is 9.36 Å². The molecule has 0 fully saturated rings. The molecule has 1 unspecified atom stereocenters. The Morgan fingerprint density at radius 2 is 1.86 bits per heavy atom. The highest BCUT2D eigenvalue weighted by atomic mass is 16.5. The van der Waals surface area contributed by atoms with E-state index in [4.69, 9.17) is 4.52 Å². The van der Waals surface area contributed by atoms with Crippen molar-refractivity contribution >= 4 is 5.91 Å². The summed E-state index contributed by atoms with van der Waals surface area (Å²) < 4.78 is 7.14. The monoisotopic (exact) mass is 394 g/mol. The lowest BCUT2D eigenvalue weighted by molar-refractivity contribution is 0.0941. The Morgan fingerprint density at radius 1 is 1.17 bits per heavy atom. The van der Waals surface area contributed by atoms with Crippen molar-refractivity contribution in [3.05, 3.63) is 70.2 Å². The molecule has 0 bridgehead atoms. The quantitative estimate of drug-likeness (QED) is 0.658. The van der Waals surface area contributed by atoms with Gasteiger partial charge < -0.3 is 14.7 Å². The summed E-state index contributed by atoms with van der Waals surface area (Å²) in [4.78, 5) is 15.1. The first kappa shape index (κ1) is 20.9. The summed E-state index contributed by atoms with van der Waals surface area (Å²) in [6.45, 7) is 8.43. The summed E-state index contributed by atoms with van der Waals surface area (Å²) >= 11 is 0. The summed E-state index contributed by atoms with van der Waals surface area (Å²) in [6, 6.07) is 12.5. The zero-order valence-corrected chi connectivity index (χ0v) is 18.1. The third-order valence-corrected chi connectivity index (χ3v) is 5.37. The van der Waals surface area contributed by atoms with Crippen LogP contribution in [0.2, 0.25) is 0 Å². The van der Waals surface area contributed by atoms with Gasteiger partial charge in [-0.25, -0.2) is 0 Å². The van der Waals surface area contributed by atoms with E-state index in [0.29, 0.717) is 17.9 Å². The number of nitrogens with one attached hydrogen (secondary N) is 1. The van der Waals surface area contributed by atoms with Crippen LogP contribution < -0.4 is 5.32 Å². The minimum absolute atomic E-state index is 0.0819. The normalized spacial score (nSPS) is 12.4. The lowest BCUT2D eigenvalue weighted by atomic mass is 10.0. The predicted molar refractivity (Wildman–Crippen MR) is 115 cm³/mol. The number of aromatic nitrogens is 2. The van der Waals surface area contributed by atoms with Gasteiger partial charge in [0.2, 0.25) is 0 Å². The van der Waals surface area contributed by atoms with Crippen LogP contribution in [0.15, 0.2) is 40.9 Å². The maximum Gasteiger partial charge on any atom is 0.253 e. The fraction of sp³-hybridized carbons (Fsp3) is 0.391. The molecule has 0 radical (unpaired) electrons. The number of rotatable bonds is 7. The number of benzene rings is 1. The third kappa shape index (κ3) is 4.43. The molecule has 0 spiro atoms. The molecule has 1 atom stereocenters. The van der Waals surface area contributed by atoms with Crippen LogP contribution in [0.25, 0.3) is 5.82 Å². The summed E-state index contributed by atoms with van der Waals surface area (Å²) in [5, 5.41) is 7.19. The fourth-order valence-electron chi connectivity index (χ4n) is 3.66. The van der Waals surface area contributed by atoms with Gasteiger partial charge in [-0.15, -0.1) is 0 Å². The lowest BCUT2D eigenvalue weighted by Crippen LogP contribution is -2.34. The van der Waals surface area contributed by atoms with Crippen molar-refractivity contribution in [2.75, 3.05) is 20.6 Å². The fourth-order valence-corrected chi connectivity index (χ4v) is 3.66. The molecule has 3 aromatic rings. The molecular weight excluding hydrogens is 364 g/mol. The molecule has 1 amide bonds. The number of carbonyl (C=O) groups is 1. The summed E-state index contributed by atoms with van der Waals surface area (Å²) in [7, 11) is 4.06. The predicted octanol–water partition coefficient (Wildman–Crippen LogP) is 3.99. The third-order valence-electron chi connectivity index (χ3n) is 5.37. The van der Waals surface area contributed by atoms with E-state index in [2.05, 4.69) is 46.6 Å². The van der Waals surface area contributed by atoms with Crippen molar-refractivity contribution in [3.63, 3.8) is 0 Å². The number of hydrogen-bond donors (Lipinski definition) is 1. The first-order valence-electron chi connectivity index (χ1n) is 9.98. The molecule has 3 rings (SSSR count). The average molecular weight is 395 g/mol. The van der Waals surface area contributed by atoms with Crippen LogP contribution in [0.3, 0.4) is 0 Å². The van der Waals surface area contributed by atoms with Crippen LogP contribution in [0.4, 0.5) is 0 Å². The molecule has 1 N–H and O–H groups in total. The van der Waals surface area contributed by atoms with Gasteiger partial charge in [-0.2, -0.15) is 0 Å². The summed E-state index contributed by atoms with van der Waals surface area (Å²) in [5.74, 6) is 1.35. The molecule has 154 valence electrons. The van der Waals surface area contributed by atoms with Crippen molar-refractivity contribution < 1.29 is 9.32 Å². The van der Waals surface area contributed by atoms with E-state index < -0.39 is 0 Å². The molecule has 0 aliphatic carbocycles. The van der Waals surface area contributed by atoms with E-state index in [1.165, 1.54) is 11.1 Å². The van der Waals surface area contributed by atoms with Gasteiger partial charge in [0, 0.05) is 24.0 Å². The van der Waals surface area contributed by atoms with E-state index in [9.17, 15) is 4.79 Å². The molecule has 2 aromatic heterocycles. The van der Waals surface area contributed by atoms with Gasteiger partial charge in [0.15, 0.2) is 5.82 Å². The van der Waals surface area contributed by atoms with Crippen LogP contribution in [-0.2, 0) is 6.42 Å². The Bertz CT molecular complexity index is 983. The largest absolute Gasteiger partial charge is 0.360 e. The number of carbonyl (C=O) groups excluding carboxylic acids is 1. The minimum Gasteiger partial charge on any atom is -0.360 e. The van der Waals surface area contributed by atoms with Crippen molar-refractivity contribution in [1.29, 1.82) is 0 Å². The van der Waals surface area contributed by atoms with Crippen molar-refractivity contribution in [3.8, 4) is 5.82 Å². The molecule has 6 heteroatoms. The molecule has 1 aromatic carbocycles. The van der Waals surface area contributed by atoms with Crippen molar-refractivity contribution in [2.45, 2.75) is 40.2 Å². The molecule has 0 aliphatic heterocycles. The molecule has 2 heterocycles. The second kappa shape index (κ2) is 8.66. The van der Waals surface area contributed by atoms with E-state index in [1.807, 2.05) is 51.6 Å². The van der Waals surface area contributed by atoms with Gasteiger partial charge in [-0.05, 0) is 58.5 Å². The topological polar surface area (TPSA) is 63.3 Å². The van der Waals surface area contributed by atoms with Crippen LogP contribution in [0, 0.1) is 20.8 Å². The number of hydrogen-bond acceptors (Lipinski definition) is 4. The maximum atomic E-state index is 12.9. The van der Waals surface area contributed by atoms with E-state index in [1.54, 1.807) is 0 Å². The highest BCUT2D eigenvalue weighted by molar-refractivity contribution is 5.95. The van der Waals surface area contributed by atoms with Gasteiger partial charge in [0.25, 0.3) is 5.91 Å². The van der Waals surface area contributed by atoms with Crippen LogP contribution in [0.5, 0.6) is 0 Å². The smallest absolute Gasteiger partial charge is 0.253 e. The average Bonchev–Trinajstić information content (AvgIpc) is 3.24. The van der Waals surface area contributed by atoms with Gasteiger partial charge >= 0.3 is 0 Å². The maximum absolute atomic E-state index is 12.9. The van der Waals surface area contributed by atoms with Gasteiger partial charge in [0.05, 0.1) is 11.6 Å². The number of amides is 1. The van der Waals surface area contributed by atoms with Crippen molar-refractivity contribution in [1.82, 2.24) is 19.9 Å². The second-order valence-electron chi connectivity index (χ2n) is 7.70. The van der Waals surface area contributed by atoms with Crippen molar-refractivity contribution in [2.24, 2.45) is 0 Å². The Hall–Kier alpha value is -2.86. The zero-order chi connectivity index (χ0) is 21.1. The van der Waals surface area contributed by atoms with E-state index >= 15 is 0 Å². The van der Waals surface area contributed by atoms with Gasteiger partial charge in [-0.1, -0.05) is 36.3 Å². The number of likely N-dealkylation sites (N-methyl/N-ethyl adjacent to an activating group) is 1. The van der Waals surface area contributed by atoms with E-state index in [0.717, 1.165) is 23.6 Å². The Balaban J connectivity index is 1.77. The van der Waals surface area contributed by atoms with Crippen LogP contribution in [0.1, 0.15) is 51.6 Å². The Kier molecular flexibility index (Phi) is 6.23. The molecule has 29 heavy (non-hydrogen) atoms. The first-order chi connectivity index (χ1) is 13.8. The van der Waals surface area contributed by atoms with Crippen LogP contribution in [-0.4, -0.2) is 41.2 Å². The molecule has 6 nitrogen and oxygen atoms in total. The molecule has 0 aliphatic rings. The lowest BCUT2D eigenvalue weighted by Gasteiger charge is -2.25. The molecule has 0 saturated carbocycles. The summed E-state index contributed by atoms with van der Waals surface area (Å²) in [5.41, 5.74) is 4.95. The van der Waals surface area contributed by atoms with E-state index in [-0.39, 0.29) is 11.9 Å². The zero-order valence-electron chi connectivity index (χ0n) is 18.1. The minimum atomic E-state index is -0.0819. The highest BCUT2D eigenvalue weighted by Gasteiger charge is 2.20. The second-order valence-corrected chi connectivity index (χ2v) is 7.70. The first-order valence-corrected chi connectivity index (χ1v) is 9.98. The SMILES string of the molecule is CCc1ccc(C(CNC(=O)c2cc(C)n(-c3cc(C)on3)c2C)N(C)C)cc1. The number of aryl methyl sites for hydroxylation is 3. The molecule has 0 saturated heterocycles.